The molecule has 15 heavy (non-hydrogen) atoms. The molecular formula is C9H15NO3S2. The fraction of sp³-hybridized carbons (Fsp3) is 0.667. The smallest absolute Gasteiger partial charge is 0.257 e. The van der Waals surface area contributed by atoms with Crippen LogP contribution in [0, 0.1) is 0 Å². The Hall–Kier alpha value is -0.620. The summed E-state index contributed by atoms with van der Waals surface area (Å²) in [6.45, 7) is 5.63. The van der Waals surface area contributed by atoms with E-state index in [9.17, 15) is 8.42 Å². The fourth-order valence-corrected chi connectivity index (χ4v) is 2.76. The van der Waals surface area contributed by atoms with Crippen LogP contribution in [0.4, 0.5) is 0 Å². The number of thiocarbonyl (C=S) groups is 1. The van der Waals surface area contributed by atoms with Crippen molar-refractivity contribution in [2.45, 2.75) is 32.4 Å². The van der Waals surface area contributed by atoms with E-state index in [4.69, 9.17) is 17.0 Å². The van der Waals surface area contributed by atoms with Gasteiger partial charge in [0.15, 0.2) is 9.84 Å². The SMILES string of the molecule is CC(C)(C)OC(=S)NC1C=CS(=O)(=O)C1. The molecule has 1 heterocycles. The highest BCUT2D eigenvalue weighted by molar-refractivity contribution is 7.94. The van der Waals surface area contributed by atoms with Crippen LogP contribution >= 0.6 is 12.2 Å². The van der Waals surface area contributed by atoms with Crippen molar-refractivity contribution < 1.29 is 13.2 Å². The molecule has 86 valence electrons. The van der Waals surface area contributed by atoms with Crippen LogP contribution < -0.4 is 5.32 Å². The molecule has 1 rings (SSSR count). The maximum absolute atomic E-state index is 11.1. The molecule has 0 aliphatic carbocycles. The molecule has 1 unspecified atom stereocenters. The van der Waals surface area contributed by atoms with Crippen LogP contribution in [0.15, 0.2) is 11.5 Å². The van der Waals surface area contributed by atoms with Gasteiger partial charge in [-0.25, -0.2) is 8.42 Å². The Balaban J connectivity index is 2.45. The molecule has 0 saturated carbocycles. The molecule has 0 saturated heterocycles. The third kappa shape index (κ3) is 4.61. The summed E-state index contributed by atoms with van der Waals surface area (Å²) in [5.74, 6) is 0.0423. The highest BCUT2D eigenvalue weighted by Gasteiger charge is 2.23. The van der Waals surface area contributed by atoms with Crippen molar-refractivity contribution in [2.24, 2.45) is 0 Å². The Kier molecular flexibility index (Phi) is 3.40. The zero-order valence-electron chi connectivity index (χ0n) is 8.98. The first kappa shape index (κ1) is 12.4. The predicted octanol–water partition coefficient (Wildman–Crippen LogP) is 0.987. The van der Waals surface area contributed by atoms with Gasteiger partial charge in [-0.3, -0.25) is 0 Å². The van der Waals surface area contributed by atoms with Crippen molar-refractivity contribution in [3.05, 3.63) is 11.5 Å². The Morgan fingerprint density at radius 2 is 2.13 bits per heavy atom. The summed E-state index contributed by atoms with van der Waals surface area (Å²) in [7, 11) is -3.04. The highest BCUT2D eigenvalue weighted by atomic mass is 32.2. The van der Waals surface area contributed by atoms with E-state index in [0.29, 0.717) is 0 Å². The van der Waals surface area contributed by atoms with Crippen LogP contribution in [0.3, 0.4) is 0 Å². The third-order valence-electron chi connectivity index (χ3n) is 1.63. The third-order valence-corrected chi connectivity index (χ3v) is 3.23. The lowest BCUT2D eigenvalue weighted by molar-refractivity contribution is 0.114. The quantitative estimate of drug-likeness (QED) is 0.702. The molecule has 6 heteroatoms. The largest absolute Gasteiger partial charge is 0.465 e. The average Bonchev–Trinajstić information content (AvgIpc) is 2.25. The Morgan fingerprint density at radius 3 is 2.53 bits per heavy atom. The zero-order valence-corrected chi connectivity index (χ0v) is 10.6. The minimum absolute atomic E-state index is 0.0423. The van der Waals surface area contributed by atoms with Gasteiger partial charge in [-0.1, -0.05) is 0 Å². The first-order valence-corrected chi connectivity index (χ1v) is 6.71. The van der Waals surface area contributed by atoms with Crippen LogP contribution in [0.1, 0.15) is 20.8 Å². The Bertz CT molecular complexity index is 379. The van der Waals surface area contributed by atoms with Gasteiger partial charge in [0.25, 0.3) is 5.17 Å². The topological polar surface area (TPSA) is 55.4 Å². The van der Waals surface area contributed by atoms with Gasteiger partial charge in [-0.15, -0.1) is 0 Å². The molecule has 1 aliphatic heterocycles. The predicted molar refractivity (Wildman–Crippen MR) is 63.3 cm³/mol. The van der Waals surface area contributed by atoms with Crippen LogP contribution in [-0.2, 0) is 14.6 Å². The number of hydrogen-bond acceptors (Lipinski definition) is 4. The van der Waals surface area contributed by atoms with Gasteiger partial charge >= 0.3 is 0 Å². The van der Waals surface area contributed by atoms with Gasteiger partial charge in [-0.05, 0) is 39.1 Å². The standard InChI is InChI=1S/C9H15NO3S2/c1-9(2,3)13-8(14)10-7-4-5-15(11,12)6-7/h4-5,7H,6H2,1-3H3,(H,10,14). The summed E-state index contributed by atoms with van der Waals surface area (Å²) in [6.07, 6.45) is 1.58. The van der Waals surface area contributed by atoms with Crippen molar-refractivity contribution >= 4 is 27.2 Å². The minimum Gasteiger partial charge on any atom is -0.465 e. The maximum Gasteiger partial charge on any atom is 0.257 e. The van der Waals surface area contributed by atoms with Crippen LogP contribution in [0.5, 0.6) is 0 Å². The molecule has 0 radical (unpaired) electrons. The number of hydrogen-bond donors (Lipinski definition) is 1. The molecule has 0 aromatic heterocycles. The van der Waals surface area contributed by atoms with E-state index in [1.54, 1.807) is 6.08 Å². The van der Waals surface area contributed by atoms with Crippen molar-refractivity contribution in [3.63, 3.8) is 0 Å². The molecule has 0 aromatic carbocycles. The summed E-state index contributed by atoms with van der Waals surface area (Å²) in [5.41, 5.74) is -0.370. The molecular weight excluding hydrogens is 234 g/mol. The normalized spacial score (nSPS) is 23.8. The van der Waals surface area contributed by atoms with E-state index < -0.39 is 9.84 Å². The van der Waals surface area contributed by atoms with Crippen LogP contribution in [0.2, 0.25) is 0 Å². The summed E-state index contributed by atoms with van der Waals surface area (Å²) < 4.78 is 27.6. The fourth-order valence-electron chi connectivity index (χ4n) is 1.12. The number of nitrogens with one attached hydrogen (secondary N) is 1. The Morgan fingerprint density at radius 1 is 1.53 bits per heavy atom. The molecule has 0 fully saturated rings. The molecule has 1 atom stereocenters. The maximum atomic E-state index is 11.1. The molecule has 1 aliphatic rings. The average molecular weight is 249 g/mol. The zero-order chi connectivity index (χ0) is 11.7. The van der Waals surface area contributed by atoms with Crippen LogP contribution in [-0.4, -0.2) is 31.0 Å². The molecule has 0 aromatic rings. The van der Waals surface area contributed by atoms with Crippen molar-refractivity contribution in [3.8, 4) is 0 Å². The Labute approximate surface area is 95.6 Å². The van der Waals surface area contributed by atoms with Gasteiger partial charge in [0.05, 0.1) is 11.8 Å². The monoisotopic (exact) mass is 249 g/mol. The van der Waals surface area contributed by atoms with E-state index in [0.717, 1.165) is 0 Å². The first-order chi connectivity index (χ1) is 6.68. The second-order valence-corrected chi connectivity index (χ2v) is 6.71. The van der Waals surface area contributed by atoms with E-state index in [1.165, 1.54) is 5.41 Å². The molecule has 4 nitrogen and oxygen atoms in total. The second-order valence-electron chi connectivity index (χ2n) is 4.41. The number of rotatable bonds is 1. The van der Waals surface area contributed by atoms with Gasteiger partial charge < -0.3 is 10.1 Å². The van der Waals surface area contributed by atoms with Gasteiger partial charge in [0.1, 0.15) is 5.60 Å². The van der Waals surface area contributed by atoms with Crippen molar-refractivity contribution in [1.29, 1.82) is 0 Å². The summed E-state index contributed by atoms with van der Waals surface area (Å²) in [6, 6.07) is -0.273. The summed E-state index contributed by atoms with van der Waals surface area (Å²) >= 11 is 4.95. The lowest BCUT2D eigenvalue weighted by Crippen LogP contribution is -2.39. The van der Waals surface area contributed by atoms with Gasteiger partial charge in [0, 0.05) is 5.41 Å². The highest BCUT2D eigenvalue weighted by Crippen LogP contribution is 2.10. The van der Waals surface area contributed by atoms with E-state index >= 15 is 0 Å². The second kappa shape index (κ2) is 4.09. The van der Waals surface area contributed by atoms with E-state index in [2.05, 4.69) is 5.32 Å². The summed E-state index contributed by atoms with van der Waals surface area (Å²) in [5, 5.41) is 4.26. The van der Waals surface area contributed by atoms with Gasteiger partial charge in [-0.2, -0.15) is 0 Å². The molecule has 0 amide bonds. The van der Waals surface area contributed by atoms with E-state index in [1.807, 2.05) is 20.8 Å². The lowest BCUT2D eigenvalue weighted by Gasteiger charge is -2.23. The molecule has 1 N–H and O–H groups in total. The summed E-state index contributed by atoms with van der Waals surface area (Å²) in [4.78, 5) is 0. The first-order valence-electron chi connectivity index (χ1n) is 4.58. The molecule has 0 bridgehead atoms. The van der Waals surface area contributed by atoms with Gasteiger partial charge in [0.2, 0.25) is 0 Å². The van der Waals surface area contributed by atoms with Crippen molar-refractivity contribution in [2.75, 3.05) is 5.75 Å². The van der Waals surface area contributed by atoms with Crippen LogP contribution in [0.25, 0.3) is 0 Å². The van der Waals surface area contributed by atoms with E-state index in [-0.39, 0.29) is 22.6 Å². The number of sulfone groups is 1. The van der Waals surface area contributed by atoms with Crippen molar-refractivity contribution in [1.82, 2.24) is 5.32 Å². The minimum atomic E-state index is -3.04. The number of ether oxygens (including phenoxy) is 1. The lowest BCUT2D eigenvalue weighted by atomic mass is 10.2. The molecule has 0 spiro atoms.